The maximum Gasteiger partial charge on any atom is 0.128 e. The largest absolute Gasteiger partial charge is 0.389 e. The first-order valence-electron chi connectivity index (χ1n) is 7.44. The molecule has 0 heterocycles. The summed E-state index contributed by atoms with van der Waals surface area (Å²) in [7, 11) is 1.73. The highest BCUT2D eigenvalue weighted by Gasteiger charge is 2.24. The molecule has 0 aliphatic heterocycles. The van der Waals surface area contributed by atoms with E-state index < -0.39 is 6.10 Å². The molecule has 0 bridgehead atoms. The van der Waals surface area contributed by atoms with E-state index in [1.165, 1.54) is 6.07 Å². The number of hydrogen-bond donors (Lipinski definition) is 2. The number of aliphatic hydroxyl groups excluding tert-OH is 1. The molecule has 1 fully saturated rings. The summed E-state index contributed by atoms with van der Waals surface area (Å²) >= 11 is 0. The smallest absolute Gasteiger partial charge is 0.128 e. The molecule has 4 nitrogen and oxygen atoms in total. The molecule has 1 aromatic carbocycles. The number of hydrogen-bond acceptors (Lipinski definition) is 4. The van der Waals surface area contributed by atoms with Crippen LogP contribution in [0.2, 0.25) is 0 Å². The van der Waals surface area contributed by atoms with Gasteiger partial charge in [-0.05, 0) is 25.3 Å². The van der Waals surface area contributed by atoms with Crippen molar-refractivity contribution in [3.05, 3.63) is 35.6 Å². The molecule has 1 aromatic rings. The fourth-order valence-electron chi connectivity index (χ4n) is 2.62. The van der Waals surface area contributed by atoms with Gasteiger partial charge in [0.25, 0.3) is 0 Å². The molecular weight excluding hydrogens is 273 g/mol. The number of methoxy groups -OCH3 is 1. The fraction of sp³-hybridized carbons (Fsp3) is 0.625. The van der Waals surface area contributed by atoms with Gasteiger partial charge in [-0.3, -0.25) is 0 Å². The normalized spacial score (nSPS) is 23.4. The maximum atomic E-state index is 13.4. The van der Waals surface area contributed by atoms with E-state index in [-0.39, 0.29) is 19.0 Å². The zero-order chi connectivity index (χ0) is 15.1. The van der Waals surface area contributed by atoms with E-state index in [0.717, 1.165) is 19.3 Å². The predicted molar refractivity (Wildman–Crippen MR) is 78.5 cm³/mol. The number of benzene rings is 1. The molecular formula is C16H24FNO3. The van der Waals surface area contributed by atoms with Gasteiger partial charge in [0, 0.05) is 25.3 Å². The summed E-state index contributed by atoms with van der Waals surface area (Å²) in [6, 6.07) is 6.90. The molecule has 0 amide bonds. The van der Waals surface area contributed by atoms with Crippen molar-refractivity contribution in [3.63, 3.8) is 0 Å². The second kappa shape index (κ2) is 8.44. The van der Waals surface area contributed by atoms with Crippen LogP contribution >= 0.6 is 0 Å². The summed E-state index contributed by atoms with van der Waals surface area (Å²) < 4.78 is 24.0. The van der Waals surface area contributed by atoms with Crippen LogP contribution in [0.4, 0.5) is 4.39 Å². The lowest BCUT2D eigenvalue weighted by molar-refractivity contribution is 0.0263. The molecule has 118 valence electrons. The van der Waals surface area contributed by atoms with Crippen LogP contribution in [0.15, 0.2) is 24.3 Å². The molecule has 2 rings (SSSR count). The highest BCUT2D eigenvalue weighted by Crippen LogP contribution is 2.21. The van der Waals surface area contributed by atoms with Crippen LogP contribution in [-0.2, 0) is 16.1 Å². The first-order chi connectivity index (χ1) is 10.2. The Hall–Kier alpha value is -1.01. The summed E-state index contributed by atoms with van der Waals surface area (Å²) in [4.78, 5) is 0. The van der Waals surface area contributed by atoms with Crippen LogP contribution in [0, 0.1) is 5.82 Å². The van der Waals surface area contributed by atoms with Crippen LogP contribution in [0.25, 0.3) is 0 Å². The molecule has 5 heteroatoms. The van der Waals surface area contributed by atoms with Crippen LogP contribution in [-0.4, -0.2) is 43.6 Å². The zero-order valence-corrected chi connectivity index (χ0v) is 12.4. The van der Waals surface area contributed by atoms with Gasteiger partial charge in [0.05, 0.1) is 25.4 Å². The average Bonchev–Trinajstić information content (AvgIpc) is 2.95. The van der Waals surface area contributed by atoms with E-state index in [2.05, 4.69) is 5.32 Å². The highest BCUT2D eigenvalue weighted by atomic mass is 19.1. The van der Waals surface area contributed by atoms with E-state index >= 15 is 0 Å². The van der Waals surface area contributed by atoms with Gasteiger partial charge < -0.3 is 19.9 Å². The lowest BCUT2D eigenvalue weighted by Gasteiger charge is -2.17. The van der Waals surface area contributed by atoms with E-state index in [1.54, 1.807) is 25.3 Å². The average molecular weight is 297 g/mol. The van der Waals surface area contributed by atoms with E-state index in [0.29, 0.717) is 24.3 Å². The predicted octanol–water partition coefficient (Wildman–Crippen LogP) is 1.86. The van der Waals surface area contributed by atoms with Gasteiger partial charge in [0.2, 0.25) is 0 Å². The maximum absolute atomic E-state index is 13.4. The Labute approximate surface area is 125 Å². The topological polar surface area (TPSA) is 50.7 Å². The third-order valence-electron chi connectivity index (χ3n) is 3.89. The van der Waals surface area contributed by atoms with Gasteiger partial charge in [0.15, 0.2) is 0 Å². The summed E-state index contributed by atoms with van der Waals surface area (Å²) in [5, 5.41) is 13.2. The van der Waals surface area contributed by atoms with Gasteiger partial charge in [-0.25, -0.2) is 4.39 Å². The Morgan fingerprint density at radius 3 is 2.90 bits per heavy atom. The standard InChI is InChI=1S/C16H24FNO3/c1-20-15-7-6-13(8-15)18-9-14(19)11-21-10-12-4-2-3-5-16(12)17/h2-5,13-15,18-19H,6-11H2,1H3. The molecule has 0 radical (unpaired) electrons. The molecule has 1 saturated carbocycles. The van der Waals surface area contributed by atoms with Crippen molar-refractivity contribution in [2.75, 3.05) is 20.3 Å². The Bertz CT molecular complexity index is 430. The number of aliphatic hydroxyl groups is 1. The Balaban J connectivity index is 1.60. The van der Waals surface area contributed by atoms with Crippen molar-refractivity contribution in [2.24, 2.45) is 0 Å². The molecule has 2 N–H and O–H groups in total. The van der Waals surface area contributed by atoms with Gasteiger partial charge in [-0.15, -0.1) is 0 Å². The van der Waals surface area contributed by atoms with Crippen LogP contribution in [0.3, 0.4) is 0 Å². The molecule has 3 unspecified atom stereocenters. The van der Waals surface area contributed by atoms with Crippen molar-refractivity contribution in [1.29, 1.82) is 0 Å². The van der Waals surface area contributed by atoms with E-state index in [1.807, 2.05) is 0 Å². The first-order valence-corrected chi connectivity index (χ1v) is 7.44. The monoisotopic (exact) mass is 297 g/mol. The van der Waals surface area contributed by atoms with Crippen molar-refractivity contribution >= 4 is 0 Å². The lowest BCUT2D eigenvalue weighted by Crippen LogP contribution is -2.36. The minimum absolute atomic E-state index is 0.179. The van der Waals surface area contributed by atoms with Crippen molar-refractivity contribution in [1.82, 2.24) is 5.32 Å². The first kappa shape index (κ1) is 16.4. The van der Waals surface area contributed by atoms with Crippen LogP contribution < -0.4 is 5.32 Å². The third-order valence-corrected chi connectivity index (χ3v) is 3.89. The van der Waals surface area contributed by atoms with Gasteiger partial charge in [-0.1, -0.05) is 18.2 Å². The Morgan fingerprint density at radius 2 is 2.19 bits per heavy atom. The molecule has 0 aromatic heterocycles. The highest BCUT2D eigenvalue weighted by molar-refractivity contribution is 5.16. The quantitative estimate of drug-likeness (QED) is 0.769. The van der Waals surface area contributed by atoms with Crippen LogP contribution in [0.5, 0.6) is 0 Å². The number of ether oxygens (including phenoxy) is 2. The molecule has 3 atom stereocenters. The van der Waals surface area contributed by atoms with E-state index in [4.69, 9.17) is 9.47 Å². The number of halogens is 1. The lowest BCUT2D eigenvalue weighted by atomic mass is 10.2. The summed E-state index contributed by atoms with van der Waals surface area (Å²) in [6.45, 7) is 0.860. The van der Waals surface area contributed by atoms with Crippen LogP contribution in [0.1, 0.15) is 24.8 Å². The summed E-state index contributed by atoms with van der Waals surface area (Å²) in [5.41, 5.74) is 0.511. The molecule has 0 spiro atoms. The Kier molecular flexibility index (Phi) is 6.57. The SMILES string of the molecule is COC1CCC(NCC(O)COCc2ccccc2F)C1. The minimum Gasteiger partial charge on any atom is -0.389 e. The number of rotatable bonds is 8. The van der Waals surface area contributed by atoms with Crippen molar-refractivity contribution in [3.8, 4) is 0 Å². The molecule has 21 heavy (non-hydrogen) atoms. The Morgan fingerprint density at radius 1 is 1.38 bits per heavy atom. The fourth-order valence-corrected chi connectivity index (χ4v) is 2.62. The third kappa shape index (κ3) is 5.36. The van der Waals surface area contributed by atoms with Gasteiger partial charge in [0.1, 0.15) is 5.82 Å². The van der Waals surface area contributed by atoms with E-state index in [9.17, 15) is 9.50 Å². The van der Waals surface area contributed by atoms with Gasteiger partial charge >= 0.3 is 0 Å². The second-order valence-corrected chi connectivity index (χ2v) is 5.54. The van der Waals surface area contributed by atoms with Crippen molar-refractivity contribution < 1.29 is 19.0 Å². The molecule has 0 saturated heterocycles. The van der Waals surface area contributed by atoms with Gasteiger partial charge in [-0.2, -0.15) is 0 Å². The molecule has 1 aliphatic carbocycles. The molecule has 1 aliphatic rings. The summed E-state index contributed by atoms with van der Waals surface area (Å²) in [6.07, 6.45) is 2.87. The second-order valence-electron chi connectivity index (χ2n) is 5.54. The minimum atomic E-state index is -0.585. The summed E-state index contributed by atoms with van der Waals surface area (Å²) in [5.74, 6) is -0.276. The zero-order valence-electron chi connectivity index (χ0n) is 12.4. The van der Waals surface area contributed by atoms with Crippen molar-refractivity contribution in [2.45, 2.75) is 44.1 Å². The number of nitrogens with one attached hydrogen (secondary N) is 1.